The van der Waals surface area contributed by atoms with Crippen LogP contribution in [0.1, 0.15) is 23.3 Å². The van der Waals surface area contributed by atoms with E-state index in [0.29, 0.717) is 6.04 Å². The Morgan fingerprint density at radius 3 is 2.70 bits per heavy atom. The minimum absolute atomic E-state index is 0.608. The Hall–Kier alpha value is -1.07. The van der Waals surface area contributed by atoms with E-state index in [2.05, 4.69) is 53.0 Å². The fourth-order valence-electron chi connectivity index (χ4n) is 2.42. The molecule has 0 radical (unpaired) electrons. The van der Waals surface area contributed by atoms with Crippen molar-refractivity contribution in [1.29, 1.82) is 0 Å². The van der Waals surface area contributed by atoms with Crippen LogP contribution in [0.25, 0.3) is 0 Å². The highest BCUT2D eigenvalue weighted by atomic mass is 32.1. The maximum atomic E-state index is 4.31. The molecule has 0 bridgehead atoms. The summed E-state index contributed by atoms with van der Waals surface area (Å²) in [7, 11) is 6.16. The summed E-state index contributed by atoms with van der Waals surface area (Å²) in [5.74, 6) is 1.75. The molecule has 0 spiro atoms. The van der Waals surface area contributed by atoms with Crippen LogP contribution >= 0.6 is 11.3 Å². The lowest BCUT2D eigenvalue weighted by Crippen LogP contribution is -2.45. The monoisotopic (exact) mass is 294 g/mol. The molecule has 0 aliphatic heterocycles. The summed E-state index contributed by atoms with van der Waals surface area (Å²) in [6, 6.07) is 2.77. The lowest BCUT2D eigenvalue weighted by atomic mass is 10.1. The third kappa shape index (κ3) is 4.21. The lowest BCUT2D eigenvalue weighted by molar-refractivity contribution is 0.264. The van der Waals surface area contributed by atoms with E-state index >= 15 is 0 Å². The quantitative estimate of drug-likeness (QED) is 0.623. The van der Waals surface area contributed by atoms with Gasteiger partial charge in [-0.05, 0) is 56.8 Å². The molecule has 5 heteroatoms. The molecular weight excluding hydrogens is 268 g/mol. The van der Waals surface area contributed by atoms with E-state index in [1.165, 1.54) is 23.3 Å². The second-order valence-corrected chi connectivity index (χ2v) is 6.70. The first-order valence-corrected chi connectivity index (χ1v) is 8.13. The van der Waals surface area contributed by atoms with Crippen LogP contribution in [0.4, 0.5) is 0 Å². The fraction of sp³-hybridized carbons (Fsp3) is 0.667. The molecule has 1 atom stereocenters. The average Bonchev–Trinajstić information content (AvgIpc) is 3.16. The highest BCUT2D eigenvalue weighted by molar-refractivity contribution is 7.10. The average molecular weight is 294 g/mol. The van der Waals surface area contributed by atoms with Crippen molar-refractivity contribution in [2.24, 2.45) is 10.9 Å². The van der Waals surface area contributed by atoms with E-state index in [-0.39, 0.29) is 0 Å². The van der Waals surface area contributed by atoms with Crippen LogP contribution in [-0.4, -0.2) is 44.6 Å². The number of likely N-dealkylation sites (N-methyl/N-ethyl adjacent to an activating group) is 1. The Balaban J connectivity index is 1.79. The van der Waals surface area contributed by atoms with Gasteiger partial charge in [-0.15, -0.1) is 11.3 Å². The van der Waals surface area contributed by atoms with E-state index in [1.807, 2.05) is 7.05 Å². The van der Waals surface area contributed by atoms with Crippen molar-refractivity contribution in [2.75, 3.05) is 27.7 Å². The minimum Gasteiger partial charge on any atom is -0.355 e. The second kappa shape index (κ2) is 7.09. The topological polar surface area (TPSA) is 39.7 Å². The standard InChI is InChI=1S/C15H26N4S/c1-11-7-8-20-14(11)10-18-15(16-2)17-9-13(19(3)4)12-5-6-12/h7-8,12-13H,5-6,9-10H2,1-4H3,(H2,16,17,18). The van der Waals surface area contributed by atoms with Crippen molar-refractivity contribution in [2.45, 2.75) is 32.4 Å². The van der Waals surface area contributed by atoms with Crippen molar-refractivity contribution in [3.8, 4) is 0 Å². The predicted octanol–water partition coefficient (Wildman–Crippen LogP) is 2.06. The molecule has 1 aliphatic carbocycles. The molecule has 1 heterocycles. The largest absolute Gasteiger partial charge is 0.355 e. The van der Waals surface area contributed by atoms with Crippen LogP contribution in [0.2, 0.25) is 0 Å². The van der Waals surface area contributed by atoms with Crippen molar-refractivity contribution >= 4 is 17.3 Å². The van der Waals surface area contributed by atoms with Crippen LogP contribution < -0.4 is 10.6 Å². The summed E-state index contributed by atoms with van der Waals surface area (Å²) < 4.78 is 0. The fourth-order valence-corrected chi connectivity index (χ4v) is 3.27. The van der Waals surface area contributed by atoms with E-state index in [9.17, 15) is 0 Å². The molecule has 20 heavy (non-hydrogen) atoms. The number of hydrogen-bond donors (Lipinski definition) is 2. The van der Waals surface area contributed by atoms with E-state index in [4.69, 9.17) is 0 Å². The molecule has 112 valence electrons. The van der Waals surface area contributed by atoms with Crippen LogP contribution in [0.3, 0.4) is 0 Å². The number of rotatable bonds is 6. The number of thiophene rings is 1. The van der Waals surface area contributed by atoms with Crippen molar-refractivity contribution in [3.05, 3.63) is 21.9 Å². The zero-order valence-corrected chi connectivity index (χ0v) is 13.8. The lowest BCUT2D eigenvalue weighted by Gasteiger charge is -2.25. The summed E-state index contributed by atoms with van der Waals surface area (Å²) in [5.41, 5.74) is 1.35. The summed E-state index contributed by atoms with van der Waals surface area (Å²) in [6.07, 6.45) is 2.73. The Labute approximate surface area is 126 Å². The third-order valence-corrected chi connectivity index (χ3v) is 4.94. The van der Waals surface area contributed by atoms with Crippen LogP contribution in [0.5, 0.6) is 0 Å². The molecule has 0 amide bonds. The number of nitrogens with one attached hydrogen (secondary N) is 2. The first-order valence-electron chi connectivity index (χ1n) is 7.25. The summed E-state index contributed by atoms with van der Waals surface area (Å²) in [5, 5.41) is 8.99. The highest BCUT2D eigenvalue weighted by Gasteiger charge is 2.32. The predicted molar refractivity (Wildman–Crippen MR) is 87.5 cm³/mol. The molecule has 0 saturated heterocycles. The Kier molecular flexibility index (Phi) is 5.43. The summed E-state index contributed by atoms with van der Waals surface area (Å²) in [6.45, 7) is 3.96. The molecule has 1 aromatic heterocycles. The first kappa shape index (κ1) is 15.3. The van der Waals surface area contributed by atoms with Gasteiger partial charge in [-0.2, -0.15) is 0 Å². The molecule has 1 aromatic rings. The van der Waals surface area contributed by atoms with Gasteiger partial charge < -0.3 is 15.5 Å². The number of guanidine groups is 1. The van der Waals surface area contributed by atoms with Crippen molar-refractivity contribution < 1.29 is 0 Å². The zero-order chi connectivity index (χ0) is 14.5. The molecule has 2 N–H and O–H groups in total. The number of nitrogens with zero attached hydrogens (tertiary/aromatic N) is 2. The number of hydrogen-bond acceptors (Lipinski definition) is 3. The number of aryl methyl sites for hydroxylation is 1. The molecule has 0 aromatic carbocycles. The summed E-state index contributed by atoms with van der Waals surface area (Å²) in [4.78, 5) is 8.00. The van der Waals surface area contributed by atoms with Gasteiger partial charge in [0, 0.05) is 24.5 Å². The van der Waals surface area contributed by atoms with Crippen LogP contribution in [0.15, 0.2) is 16.4 Å². The maximum absolute atomic E-state index is 4.31. The zero-order valence-electron chi connectivity index (χ0n) is 12.9. The van der Waals surface area contributed by atoms with Gasteiger partial charge in [0.05, 0.1) is 6.54 Å². The van der Waals surface area contributed by atoms with Gasteiger partial charge >= 0.3 is 0 Å². The molecule has 1 unspecified atom stereocenters. The molecule has 1 aliphatic rings. The Morgan fingerprint density at radius 1 is 1.45 bits per heavy atom. The van der Waals surface area contributed by atoms with E-state index in [1.54, 1.807) is 11.3 Å². The minimum atomic E-state index is 0.608. The van der Waals surface area contributed by atoms with Gasteiger partial charge in [0.25, 0.3) is 0 Å². The van der Waals surface area contributed by atoms with E-state index < -0.39 is 0 Å². The number of aliphatic imine (C=N–C) groups is 1. The van der Waals surface area contributed by atoms with Gasteiger partial charge in [-0.25, -0.2) is 0 Å². The second-order valence-electron chi connectivity index (χ2n) is 5.70. The van der Waals surface area contributed by atoms with Gasteiger partial charge in [-0.1, -0.05) is 0 Å². The summed E-state index contributed by atoms with van der Waals surface area (Å²) >= 11 is 1.79. The molecule has 1 saturated carbocycles. The molecule has 1 fully saturated rings. The van der Waals surface area contributed by atoms with Gasteiger partial charge in [0.15, 0.2) is 5.96 Å². The van der Waals surface area contributed by atoms with Crippen LogP contribution in [-0.2, 0) is 6.54 Å². The molecular formula is C15H26N4S. The SMILES string of the molecule is CN=C(NCc1sccc1C)NCC(C1CC1)N(C)C. The molecule has 2 rings (SSSR count). The third-order valence-electron chi connectivity index (χ3n) is 3.92. The first-order chi connectivity index (χ1) is 9.61. The van der Waals surface area contributed by atoms with Gasteiger partial charge in [-0.3, -0.25) is 4.99 Å². The van der Waals surface area contributed by atoms with E-state index in [0.717, 1.165) is 25.0 Å². The van der Waals surface area contributed by atoms with Crippen LogP contribution in [0, 0.1) is 12.8 Å². The normalized spacial score (nSPS) is 17.4. The van der Waals surface area contributed by atoms with Crippen molar-refractivity contribution in [3.63, 3.8) is 0 Å². The van der Waals surface area contributed by atoms with Gasteiger partial charge in [0.1, 0.15) is 0 Å². The Bertz CT molecular complexity index is 446. The smallest absolute Gasteiger partial charge is 0.191 e. The van der Waals surface area contributed by atoms with Gasteiger partial charge in [0.2, 0.25) is 0 Å². The maximum Gasteiger partial charge on any atom is 0.191 e. The van der Waals surface area contributed by atoms with Crippen molar-refractivity contribution in [1.82, 2.24) is 15.5 Å². The molecule has 4 nitrogen and oxygen atoms in total. The Morgan fingerprint density at radius 2 is 2.20 bits per heavy atom. The highest BCUT2D eigenvalue weighted by Crippen LogP contribution is 2.34.